The van der Waals surface area contributed by atoms with E-state index in [1.807, 2.05) is 24.3 Å². The van der Waals surface area contributed by atoms with Gasteiger partial charge in [-0.25, -0.2) is 0 Å². The molecule has 0 bridgehead atoms. The van der Waals surface area contributed by atoms with Crippen molar-refractivity contribution in [2.75, 3.05) is 6.54 Å². The Morgan fingerprint density at radius 1 is 1.35 bits per heavy atom. The third-order valence-corrected chi connectivity index (χ3v) is 3.52. The van der Waals surface area contributed by atoms with Crippen LogP contribution in [0.1, 0.15) is 12.5 Å². The maximum Gasteiger partial charge on any atom is 0.249 e. The average molecular weight is 337 g/mol. The lowest BCUT2D eigenvalue weighted by molar-refractivity contribution is -0.147. The highest BCUT2D eigenvalue weighted by molar-refractivity contribution is 9.10. The SMILES string of the molecule is CC1C(=O)NC(=O)CN1C(=O)C=Cc1ccc(Br)cc1. The second-order valence-electron chi connectivity index (χ2n) is 4.44. The first-order valence-electron chi connectivity index (χ1n) is 6.05. The van der Waals surface area contributed by atoms with Crippen LogP contribution in [0.5, 0.6) is 0 Å². The van der Waals surface area contributed by atoms with Gasteiger partial charge in [0.25, 0.3) is 0 Å². The molecule has 104 valence electrons. The molecule has 6 heteroatoms. The van der Waals surface area contributed by atoms with Crippen LogP contribution >= 0.6 is 15.9 Å². The first-order valence-corrected chi connectivity index (χ1v) is 6.84. The van der Waals surface area contributed by atoms with Crippen molar-refractivity contribution in [2.45, 2.75) is 13.0 Å². The highest BCUT2D eigenvalue weighted by Crippen LogP contribution is 2.12. The Bertz CT molecular complexity index is 581. The van der Waals surface area contributed by atoms with Crippen LogP contribution in [-0.2, 0) is 14.4 Å². The molecular formula is C14H13BrN2O3. The van der Waals surface area contributed by atoms with Gasteiger partial charge in [0, 0.05) is 10.5 Å². The number of nitrogens with zero attached hydrogens (tertiary/aromatic N) is 1. The van der Waals surface area contributed by atoms with Gasteiger partial charge >= 0.3 is 0 Å². The zero-order valence-corrected chi connectivity index (χ0v) is 12.4. The van der Waals surface area contributed by atoms with E-state index >= 15 is 0 Å². The summed E-state index contributed by atoms with van der Waals surface area (Å²) in [4.78, 5) is 36.1. The molecule has 0 aromatic heterocycles. The molecule has 1 fully saturated rings. The summed E-state index contributed by atoms with van der Waals surface area (Å²) in [6.07, 6.45) is 3.02. The minimum atomic E-state index is -0.644. The lowest BCUT2D eigenvalue weighted by Gasteiger charge is -2.30. The normalized spacial score (nSPS) is 19.3. The number of nitrogens with one attached hydrogen (secondary N) is 1. The smallest absolute Gasteiger partial charge is 0.249 e. The molecular weight excluding hydrogens is 324 g/mol. The van der Waals surface area contributed by atoms with Gasteiger partial charge in [0.2, 0.25) is 17.7 Å². The monoisotopic (exact) mass is 336 g/mol. The first kappa shape index (κ1) is 14.5. The molecule has 1 aliphatic rings. The molecule has 1 unspecified atom stereocenters. The summed E-state index contributed by atoms with van der Waals surface area (Å²) in [5.74, 6) is -1.27. The van der Waals surface area contributed by atoms with Crippen molar-refractivity contribution < 1.29 is 14.4 Å². The fourth-order valence-electron chi connectivity index (χ4n) is 1.82. The summed E-state index contributed by atoms with van der Waals surface area (Å²) in [6, 6.07) is 6.79. The molecule has 1 aliphatic heterocycles. The summed E-state index contributed by atoms with van der Waals surface area (Å²) >= 11 is 3.33. The molecule has 0 radical (unpaired) electrons. The van der Waals surface area contributed by atoms with Crippen molar-refractivity contribution in [3.05, 3.63) is 40.4 Å². The van der Waals surface area contributed by atoms with Crippen LogP contribution in [0, 0.1) is 0 Å². The minimum Gasteiger partial charge on any atom is -0.318 e. The number of carbonyl (C=O) groups is 3. The third-order valence-electron chi connectivity index (χ3n) is 2.99. The van der Waals surface area contributed by atoms with Crippen molar-refractivity contribution in [1.29, 1.82) is 0 Å². The van der Waals surface area contributed by atoms with E-state index in [1.165, 1.54) is 11.0 Å². The Kier molecular flexibility index (Phi) is 4.34. The van der Waals surface area contributed by atoms with Crippen LogP contribution in [0.15, 0.2) is 34.8 Å². The predicted octanol–water partition coefficient (Wildman–Crippen LogP) is 1.34. The Morgan fingerprint density at radius 3 is 2.65 bits per heavy atom. The van der Waals surface area contributed by atoms with E-state index < -0.39 is 17.9 Å². The molecule has 1 heterocycles. The third kappa shape index (κ3) is 3.33. The highest BCUT2D eigenvalue weighted by atomic mass is 79.9. The average Bonchev–Trinajstić information content (AvgIpc) is 2.42. The molecule has 3 amide bonds. The van der Waals surface area contributed by atoms with Crippen molar-refractivity contribution in [3.8, 4) is 0 Å². The van der Waals surface area contributed by atoms with Crippen LogP contribution in [0.25, 0.3) is 6.08 Å². The van der Waals surface area contributed by atoms with Crippen molar-refractivity contribution in [2.24, 2.45) is 0 Å². The van der Waals surface area contributed by atoms with E-state index in [0.29, 0.717) is 0 Å². The highest BCUT2D eigenvalue weighted by Gasteiger charge is 2.32. The van der Waals surface area contributed by atoms with E-state index in [9.17, 15) is 14.4 Å². The molecule has 1 saturated heterocycles. The van der Waals surface area contributed by atoms with Gasteiger partial charge in [0.05, 0.1) is 0 Å². The van der Waals surface area contributed by atoms with Gasteiger partial charge in [-0.2, -0.15) is 0 Å². The number of hydrogen-bond donors (Lipinski definition) is 1. The summed E-state index contributed by atoms with van der Waals surface area (Å²) in [6.45, 7) is 1.49. The van der Waals surface area contributed by atoms with E-state index in [0.717, 1.165) is 10.0 Å². The number of halogens is 1. The molecule has 1 atom stereocenters. The zero-order chi connectivity index (χ0) is 14.7. The molecule has 1 aromatic carbocycles. The number of piperazine rings is 1. The predicted molar refractivity (Wildman–Crippen MR) is 77.5 cm³/mol. The van der Waals surface area contributed by atoms with Crippen LogP contribution in [0.2, 0.25) is 0 Å². The van der Waals surface area contributed by atoms with Crippen molar-refractivity contribution in [1.82, 2.24) is 10.2 Å². The minimum absolute atomic E-state index is 0.101. The van der Waals surface area contributed by atoms with Crippen LogP contribution < -0.4 is 5.32 Å². The summed E-state index contributed by atoms with van der Waals surface area (Å²) in [5, 5.41) is 2.19. The lowest BCUT2D eigenvalue weighted by Crippen LogP contribution is -2.58. The number of hydrogen-bond acceptors (Lipinski definition) is 3. The quantitative estimate of drug-likeness (QED) is 0.654. The number of amides is 3. The van der Waals surface area contributed by atoms with Crippen molar-refractivity contribution in [3.63, 3.8) is 0 Å². The number of rotatable bonds is 2. The van der Waals surface area contributed by atoms with E-state index in [4.69, 9.17) is 0 Å². The molecule has 0 saturated carbocycles. The Labute approximate surface area is 124 Å². The van der Waals surface area contributed by atoms with Crippen molar-refractivity contribution >= 4 is 39.7 Å². The maximum atomic E-state index is 12.0. The van der Waals surface area contributed by atoms with Gasteiger partial charge in [-0.05, 0) is 30.7 Å². The van der Waals surface area contributed by atoms with Gasteiger partial charge in [0.15, 0.2) is 0 Å². The van der Waals surface area contributed by atoms with Gasteiger partial charge in [-0.3, -0.25) is 19.7 Å². The summed E-state index contributed by atoms with van der Waals surface area (Å²) < 4.78 is 0.952. The largest absolute Gasteiger partial charge is 0.318 e. The second kappa shape index (κ2) is 6.00. The molecule has 5 nitrogen and oxygen atoms in total. The Hall–Kier alpha value is -1.95. The van der Waals surface area contributed by atoms with Gasteiger partial charge < -0.3 is 4.90 Å². The topological polar surface area (TPSA) is 66.5 Å². The number of carbonyl (C=O) groups excluding carboxylic acids is 3. The van der Waals surface area contributed by atoms with Gasteiger partial charge in [-0.1, -0.05) is 28.1 Å². The fourth-order valence-corrected chi connectivity index (χ4v) is 2.08. The first-order chi connectivity index (χ1) is 9.47. The van der Waals surface area contributed by atoms with Crippen LogP contribution in [0.3, 0.4) is 0 Å². The summed E-state index contributed by atoms with van der Waals surface area (Å²) in [5.41, 5.74) is 0.863. The number of imide groups is 1. The molecule has 1 N–H and O–H groups in total. The Balaban J connectivity index is 2.09. The molecule has 0 aliphatic carbocycles. The fraction of sp³-hybridized carbons (Fsp3) is 0.214. The van der Waals surface area contributed by atoms with Crippen LogP contribution in [-0.4, -0.2) is 35.2 Å². The number of benzene rings is 1. The van der Waals surface area contributed by atoms with E-state index in [-0.39, 0.29) is 12.5 Å². The Morgan fingerprint density at radius 2 is 2.00 bits per heavy atom. The lowest BCUT2D eigenvalue weighted by atomic mass is 10.1. The van der Waals surface area contributed by atoms with E-state index in [1.54, 1.807) is 13.0 Å². The maximum absolute atomic E-state index is 12.0. The van der Waals surface area contributed by atoms with Crippen LogP contribution in [0.4, 0.5) is 0 Å². The molecule has 1 aromatic rings. The zero-order valence-electron chi connectivity index (χ0n) is 10.8. The van der Waals surface area contributed by atoms with Gasteiger partial charge in [0.1, 0.15) is 12.6 Å². The second-order valence-corrected chi connectivity index (χ2v) is 5.36. The van der Waals surface area contributed by atoms with E-state index in [2.05, 4.69) is 21.2 Å². The molecule has 0 spiro atoms. The standard InChI is InChI=1S/C14H13BrN2O3/c1-9-14(20)16-12(18)8-17(9)13(19)7-4-10-2-5-11(15)6-3-10/h2-7,9H,8H2,1H3,(H,16,18,20). The molecule has 20 heavy (non-hydrogen) atoms. The van der Waals surface area contributed by atoms with Gasteiger partial charge in [-0.15, -0.1) is 0 Å². The molecule has 2 rings (SSSR count). The summed E-state index contributed by atoms with van der Waals surface area (Å²) in [7, 11) is 0.